The summed E-state index contributed by atoms with van der Waals surface area (Å²) in [7, 11) is 1.25. The number of carbonyl (C=O) groups is 1. The number of para-hydroxylation sites is 1. The van der Waals surface area contributed by atoms with Gasteiger partial charge in [-0.3, -0.25) is 4.79 Å². The van der Waals surface area contributed by atoms with Gasteiger partial charge in [0.15, 0.2) is 0 Å². The summed E-state index contributed by atoms with van der Waals surface area (Å²) in [4.78, 5) is 11.0. The Hall–Kier alpha value is -1.02. The molecule has 0 fully saturated rings. The Balaban J connectivity index is 0.000000791. The van der Waals surface area contributed by atoms with Gasteiger partial charge in [-0.2, -0.15) is 0 Å². The van der Waals surface area contributed by atoms with E-state index >= 15 is 0 Å². The van der Waals surface area contributed by atoms with Crippen LogP contribution in [0.3, 0.4) is 0 Å². The van der Waals surface area contributed by atoms with Crippen molar-refractivity contribution in [3.05, 3.63) is 30.3 Å². The first kappa shape index (κ1) is 10.1. The number of hydrogen-bond acceptors (Lipinski definition) is 1. The highest BCUT2D eigenvalue weighted by Gasteiger charge is 1.98. The maximum Gasteiger partial charge on any atom is 0.225 e. The molecule has 0 saturated carbocycles. The lowest BCUT2D eigenvalue weighted by molar-refractivity contribution is -0.115. The first-order valence-electron chi connectivity index (χ1n) is 4.74. The van der Waals surface area contributed by atoms with Crippen LogP contribution < -0.4 is 5.32 Å². The van der Waals surface area contributed by atoms with E-state index in [1.807, 2.05) is 30.3 Å². The molecule has 0 aliphatic heterocycles. The van der Waals surface area contributed by atoms with Crippen LogP contribution >= 0.6 is 11.6 Å². The van der Waals surface area contributed by atoms with Crippen LogP contribution in [0.15, 0.2) is 30.3 Å². The second-order valence-electron chi connectivity index (χ2n) is 2.35. The number of amides is 1. The van der Waals surface area contributed by atoms with Gasteiger partial charge in [-0.25, -0.2) is 0 Å². The van der Waals surface area contributed by atoms with E-state index in [-0.39, 0.29) is 5.91 Å². The summed E-state index contributed by atoms with van der Waals surface area (Å²) in [5.41, 5.74) is 0.813. The number of nitrogens with one attached hydrogen (secondary N) is 1. The highest BCUT2D eigenvalue weighted by molar-refractivity contribution is 6.19. The maximum atomic E-state index is 11.0. The lowest BCUT2D eigenvalue weighted by atomic mass is 10.3. The average Bonchev–Trinajstić information content (AvgIpc) is 2.22. The van der Waals surface area contributed by atoms with Crippen LogP contribution in [-0.2, 0) is 4.79 Å². The Morgan fingerprint density at radius 2 is 2.08 bits per heavy atom. The molecule has 0 unspecified atom stereocenters. The fourth-order valence-corrected chi connectivity index (χ4v) is 1.00. The molecule has 0 heterocycles. The molecular weight excluding hydrogens is 186 g/mol. The minimum Gasteiger partial charge on any atom is -0.326 e. The normalized spacial score (nSPS) is 9.23. The van der Waals surface area contributed by atoms with Crippen LogP contribution in [0.1, 0.15) is 15.2 Å². The van der Waals surface area contributed by atoms with Crippen molar-refractivity contribution in [3.63, 3.8) is 0 Å². The number of rotatable bonds is 3. The van der Waals surface area contributed by atoms with E-state index in [1.54, 1.807) is 0 Å². The molecule has 0 radical (unpaired) electrons. The van der Waals surface area contributed by atoms with Crippen molar-refractivity contribution in [2.75, 3.05) is 11.2 Å². The molecule has 0 spiro atoms. The van der Waals surface area contributed by atoms with Gasteiger partial charge in [-0.1, -0.05) is 25.6 Å². The smallest absolute Gasteiger partial charge is 0.225 e. The lowest BCUT2D eigenvalue weighted by Crippen LogP contribution is -2.11. The zero-order valence-electron chi connectivity index (χ0n) is 8.59. The molecule has 2 nitrogen and oxygen atoms in total. The van der Waals surface area contributed by atoms with Crippen molar-refractivity contribution in [2.45, 2.75) is 13.8 Å². The molecule has 1 aromatic rings. The van der Waals surface area contributed by atoms with E-state index in [1.165, 1.54) is 7.40 Å². The minimum atomic E-state index is -0.0452. The van der Waals surface area contributed by atoms with Crippen LogP contribution in [-0.4, -0.2) is 11.8 Å². The van der Waals surface area contributed by atoms with Crippen molar-refractivity contribution in [2.24, 2.45) is 0 Å². The fourth-order valence-electron chi connectivity index (χ4n) is 0.831. The summed E-state index contributed by atoms with van der Waals surface area (Å²) in [5.74, 6) is 0.315. The van der Waals surface area contributed by atoms with E-state index in [2.05, 4.69) is 5.32 Å². The first-order chi connectivity index (χ1) is 6.83. The third-order valence-corrected chi connectivity index (χ3v) is 1.57. The van der Waals surface area contributed by atoms with Gasteiger partial charge in [0, 0.05) is 19.4 Å². The Labute approximate surface area is 85.3 Å². The highest BCUT2D eigenvalue weighted by atomic mass is 35.5. The zero-order valence-corrected chi connectivity index (χ0v) is 8.34. The number of anilines is 1. The zero-order chi connectivity index (χ0) is 10.8. The average molecular weight is 202 g/mol. The van der Waals surface area contributed by atoms with E-state index in [9.17, 15) is 4.79 Å². The molecule has 0 aromatic heterocycles. The largest absolute Gasteiger partial charge is 0.326 e. The van der Waals surface area contributed by atoms with Gasteiger partial charge in [-0.15, -0.1) is 11.6 Å². The summed E-state index contributed by atoms with van der Waals surface area (Å²) >= 11 is 5.40. The molecule has 0 aliphatic carbocycles. The van der Waals surface area contributed by atoms with Gasteiger partial charge in [-0.05, 0) is 12.1 Å². The summed E-state index contributed by atoms with van der Waals surface area (Å²) in [6, 6.07) is 9.32. The molecule has 13 heavy (non-hydrogen) atoms. The maximum absolute atomic E-state index is 11.0. The van der Waals surface area contributed by atoms with Crippen LogP contribution in [0, 0.1) is 0 Å². The number of halogens is 1. The molecule has 0 aliphatic rings. The van der Waals surface area contributed by atoms with Gasteiger partial charge < -0.3 is 5.32 Å². The summed E-state index contributed by atoms with van der Waals surface area (Å²) in [6.07, 6.45) is 0.358. The predicted octanol–water partition coefficient (Wildman–Crippen LogP) is 2.89. The van der Waals surface area contributed by atoms with Gasteiger partial charge in [0.25, 0.3) is 0 Å². The standard InChI is InChI=1S/C9H10ClNO.CH4/c10-7-6-9(12)11-8-4-2-1-3-5-8;/h1-5H,6-7H2,(H,11,12);1H4/i;1T. The molecular formula is C10H14ClNO. The summed E-state index contributed by atoms with van der Waals surface area (Å²) in [6.45, 7) is 0. The molecule has 0 atom stereocenters. The fraction of sp³-hybridized carbons (Fsp3) is 0.300. The number of hydrogen-bond donors (Lipinski definition) is 1. The van der Waals surface area contributed by atoms with E-state index in [0.29, 0.717) is 12.3 Å². The topological polar surface area (TPSA) is 29.1 Å². The van der Waals surface area contributed by atoms with Crippen LogP contribution in [0.4, 0.5) is 5.69 Å². The highest BCUT2D eigenvalue weighted by Crippen LogP contribution is 2.05. The third-order valence-electron chi connectivity index (χ3n) is 1.38. The van der Waals surface area contributed by atoms with Crippen molar-refractivity contribution >= 4 is 23.2 Å². The Morgan fingerprint density at radius 3 is 2.62 bits per heavy atom. The van der Waals surface area contributed by atoms with Gasteiger partial charge in [0.1, 0.15) is 0 Å². The molecule has 1 aromatic carbocycles. The quantitative estimate of drug-likeness (QED) is 0.749. The molecule has 3 heteroatoms. The molecule has 72 valence electrons. The van der Waals surface area contributed by atoms with Crippen LogP contribution in [0.2, 0.25) is 0 Å². The molecule has 0 bridgehead atoms. The van der Waals surface area contributed by atoms with Gasteiger partial charge in [0.2, 0.25) is 5.91 Å². The Morgan fingerprint density at radius 1 is 1.46 bits per heavy atom. The van der Waals surface area contributed by atoms with Gasteiger partial charge >= 0.3 is 0 Å². The number of alkyl halides is 1. The first-order valence-corrected chi connectivity index (χ1v) is 4.27. The number of carbonyl (C=O) groups excluding carboxylic acids is 1. The Bertz CT molecular complexity index is 254. The lowest BCUT2D eigenvalue weighted by Gasteiger charge is -2.01. The number of benzene rings is 1. The molecule has 1 rings (SSSR count). The van der Waals surface area contributed by atoms with E-state index in [0.717, 1.165) is 5.69 Å². The molecule has 1 N–H and O–H groups in total. The SMILES string of the molecule is O=C(CCCl)Nc1ccccc1.[3H]C. The van der Waals surface area contributed by atoms with Crippen molar-refractivity contribution in [1.82, 2.24) is 0 Å². The van der Waals surface area contributed by atoms with E-state index in [4.69, 9.17) is 13.0 Å². The molecule has 0 saturated heterocycles. The van der Waals surface area contributed by atoms with Gasteiger partial charge in [0.05, 0.1) is 0 Å². The van der Waals surface area contributed by atoms with Crippen molar-refractivity contribution in [1.29, 1.82) is 0 Å². The van der Waals surface area contributed by atoms with Crippen molar-refractivity contribution in [3.8, 4) is 0 Å². The second kappa shape index (κ2) is 6.49. The van der Waals surface area contributed by atoms with Crippen LogP contribution in [0.25, 0.3) is 0 Å². The predicted molar refractivity (Wildman–Crippen MR) is 57.1 cm³/mol. The second-order valence-corrected chi connectivity index (χ2v) is 2.73. The third kappa shape index (κ3) is 4.53. The van der Waals surface area contributed by atoms with Crippen molar-refractivity contribution < 1.29 is 6.17 Å². The summed E-state index contributed by atoms with van der Waals surface area (Å²) < 4.78 is 5.75. The summed E-state index contributed by atoms with van der Waals surface area (Å²) in [5, 5.41) is 2.72. The monoisotopic (exact) mass is 201 g/mol. The van der Waals surface area contributed by atoms with Crippen LogP contribution in [0.5, 0.6) is 0 Å². The molecule has 1 amide bonds. The van der Waals surface area contributed by atoms with E-state index < -0.39 is 0 Å². The Kier molecular flexibility index (Phi) is 5.02. The minimum absolute atomic E-state index is 0.0452.